The lowest BCUT2D eigenvalue weighted by Gasteiger charge is -2.26. The molecule has 1 aromatic rings. The average molecular weight is 274 g/mol. The maximum atomic E-state index is 3.20. The molecule has 0 bridgehead atoms. The van der Waals surface area contributed by atoms with E-state index in [1.54, 1.807) is 0 Å². The maximum absolute atomic E-state index is 3.20. The highest BCUT2D eigenvalue weighted by Crippen LogP contribution is 2.37. The quantitative estimate of drug-likeness (QED) is 0.819. The van der Waals surface area contributed by atoms with Gasteiger partial charge in [-0.2, -0.15) is 0 Å². The van der Waals surface area contributed by atoms with Crippen LogP contribution in [0.15, 0.2) is 24.3 Å². The molecule has 0 spiro atoms. The van der Waals surface area contributed by atoms with E-state index < -0.39 is 0 Å². The van der Waals surface area contributed by atoms with Gasteiger partial charge in [0.25, 0.3) is 0 Å². The monoisotopic (exact) mass is 274 g/mol. The Morgan fingerprint density at radius 1 is 1.10 bits per heavy atom. The molecule has 1 heterocycles. The standard InChI is InChI=1S/C18H30N2/c1-4-18(5-2)11-13-20(15-18)14-17-8-6-16(7-9-17)10-12-19-3/h6-9,19H,4-5,10-15H2,1-3H3. The summed E-state index contributed by atoms with van der Waals surface area (Å²) in [5.41, 5.74) is 3.48. The van der Waals surface area contributed by atoms with E-state index in [2.05, 4.69) is 48.3 Å². The largest absolute Gasteiger partial charge is 0.319 e. The zero-order valence-corrected chi connectivity index (χ0v) is 13.4. The van der Waals surface area contributed by atoms with Gasteiger partial charge in [0.05, 0.1) is 0 Å². The van der Waals surface area contributed by atoms with Crippen molar-refractivity contribution in [3.05, 3.63) is 35.4 Å². The smallest absolute Gasteiger partial charge is 0.0233 e. The van der Waals surface area contributed by atoms with Crippen LogP contribution in [0.1, 0.15) is 44.2 Å². The fourth-order valence-electron chi connectivity index (χ4n) is 3.33. The van der Waals surface area contributed by atoms with Crippen molar-refractivity contribution in [2.45, 2.75) is 46.1 Å². The normalized spacial score (nSPS) is 18.6. The third kappa shape index (κ3) is 3.83. The predicted octanol–water partition coefficient (Wildman–Crippen LogP) is 3.46. The Bertz CT molecular complexity index is 392. The van der Waals surface area contributed by atoms with Gasteiger partial charge in [-0.3, -0.25) is 4.90 Å². The van der Waals surface area contributed by atoms with Gasteiger partial charge in [0.1, 0.15) is 0 Å². The van der Waals surface area contributed by atoms with Crippen molar-refractivity contribution in [2.75, 3.05) is 26.7 Å². The minimum Gasteiger partial charge on any atom is -0.319 e. The summed E-state index contributed by atoms with van der Waals surface area (Å²) in [6, 6.07) is 9.19. The van der Waals surface area contributed by atoms with Crippen LogP contribution in [0.4, 0.5) is 0 Å². The molecule has 0 aromatic heterocycles. The molecule has 2 heteroatoms. The van der Waals surface area contributed by atoms with Crippen molar-refractivity contribution in [1.82, 2.24) is 10.2 Å². The minimum atomic E-state index is 0.590. The molecule has 1 aliphatic heterocycles. The second-order valence-electron chi connectivity index (χ2n) is 6.34. The molecule has 0 amide bonds. The van der Waals surface area contributed by atoms with E-state index in [4.69, 9.17) is 0 Å². The Balaban J connectivity index is 1.88. The first-order valence-corrected chi connectivity index (χ1v) is 8.16. The van der Waals surface area contributed by atoms with E-state index >= 15 is 0 Å². The van der Waals surface area contributed by atoms with Crippen LogP contribution >= 0.6 is 0 Å². The molecule has 1 fully saturated rings. The molecule has 112 valence electrons. The molecule has 0 atom stereocenters. The number of nitrogens with one attached hydrogen (secondary N) is 1. The van der Waals surface area contributed by atoms with Crippen LogP contribution < -0.4 is 5.32 Å². The van der Waals surface area contributed by atoms with Gasteiger partial charge in [0, 0.05) is 13.1 Å². The van der Waals surface area contributed by atoms with Gasteiger partial charge in [-0.05, 0) is 62.4 Å². The third-order valence-corrected chi connectivity index (χ3v) is 5.11. The Kier molecular flexibility index (Phi) is 5.62. The molecule has 2 nitrogen and oxygen atoms in total. The molecule has 1 N–H and O–H groups in total. The summed E-state index contributed by atoms with van der Waals surface area (Å²) in [6.07, 6.45) is 5.14. The molecule has 1 aliphatic rings. The van der Waals surface area contributed by atoms with Crippen molar-refractivity contribution >= 4 is 0 Å². The molecule has 0 saturated carbocycles. The summed E-state index contributed by atoms with van der Waals surface area (Å²) in [5, 5.41) is 3.20. The average Bonchev–Trinajstić information content (AvgIpc) is 2.90. The first kappa shape index (κ1) is 15.5. The molecular weight excluding hydrogens is 244 g/mol. The van der Waals surface area contributed by atoms with Crippen molar-refractivity contribution in [1.29, 1.82) is 0 Å². The zero-order valence-electron chi connectivity index (χ0n) is 13.4. The molecule has 0 aliphatic carbocycles. The molecule has 1 saturated heterocycles. The lowest BCUT2D eigenvalue weighted by molar-refractivity contribution is 0.236. The van der Waals surface area contributed by atoms with E-state index in [9.17, 15) is 0 Å². The highest BCUT2D eigenvalue weighted by atomic mass is 15.2. The summed E-state index contributed by atoms with van der Waals surface area (Å²) < 4.78 is 0. The number of likely N-dealkylation sites (N-methyl/N-ethyl adjacent to an activating group) is 1. The van der Waals surface area contributed by atoms with Crippen LogP contribution in [-0.4, -0.2) is 31.6 Å². The number of hydrogen-bond acceptors (Lipinski definition) is 2. The molecular formula is C18H30N2. The summed E-state index contributed by atoms with van der Waals surface area (Å²) in [7, 11) is 2.01. The number of benzene rings is 1. The zero-order chi connectivity index (χ0) is 14.4. The van der Waals surface area contributed by atoms with Crippen molar-refractivity contribution < 1.29 is 0 Å². The fraction of sp³-hybridized carbons (Fsp3) is 0.667. The van der Waals surface area contributed by atoms with Gasteiger partial charge in [-0.1, -0.05) is 38.1 Å². The number of nitrogens with zero attached hydrogens (tertiary/aromatic N) is 1. The van der Waals surface area contributed by atoms with Gasteiger partial charge in [0.2, 0.25) is 0 Å². The highest BCUT2D eigenvalue weighted by molar-refractivity contribution is 5.23. The Labute approximate surface area is 124 Å². The van der Waals surface area contributed by atoms with Crippen LogP contribution in [0.25, 0.3) is 0 Å². The Morgan fingerprint density at radius 2 is 1.75 bits per heavy atom. The SMILES string of the molecule is CCC1(CC)CCN(Cc2ccc(CCNC)cc2)C1. The van der Waals surface area contributed by atoms with E-state index in [1.807, 2.05) is 7.05 Å². The summed E-state index contributed by atoms with van der Waals surface area (Å²) >= 11 is 0. The summed E-state index contributed by atoms with van der Waals surface area (Å²) in [6.45, 7) is 9.42. The van der Waals surface area contributed by atoms with Crippen LogP contribution in [0.2, 0.25) is 0 Å². The lowest BCUT2D eigenvalue weighted by Crippen LogP contribution is -2.26. The van der Waals surface area contributed by atoms with Gasteiger partial charge in [-0.15, -0.1) is 0 Å². The van der Waals surface area contributed by atoms with E-state index in [0.717, 1.165) is 19.5 Å². The second kappa shape index (κ2) is 7.24. The maximum Gasteiger partial charge on any atom is 0.0233 e. The predicted molar refractivity (Wildman–Crippen MR) is 87.0 cm³/mol. The number of rotatable bonds is 7. The fourth-order valence-corrected chi connectivity index (χ4v) is 3.33. The Morgan fingerprint density at radius 3 is 2.30 bits per heavy atom. The summed E-state index contributed by atoms with van der Waals surface area (Å²) in [5.74, 6) is 0. The topological polar surface area (TPSA) is 15.3 Å². The number of likely N-dealkylation sites (tertiary alicyclic amines) is 1. The first-order valence-electron chi connectivity index (χ1n) is 8.16. The van der Waals surface area contributed by atoms with Gasteiger partial charge >= 0.3 is 0 Å². The molecule has 2 rings (SSSR count). The van der Waals surface area contributed by atoms with Gasteiger partial charge in [-0.25, -0.2) is 0 Å². The van der Waals surface area contributed by atoms with Gasteiger partial charge in [0.15, 0.2) is 0 Å². The van der Waals surface area contributed by atoms with Gasteiger partial charge < -0.3 is 5.32 Å². The first-order chi connectivity index (χ1) is 9.71. The highest BCUT2D eigenvalue weighted by Gasteiger charge is 2.34. The molecule has 1 aromatic carbocycles. The van der Waals surface area contributed by atoms with E-state index in [1.165, 1.54) is 43.5 Å². The summed E-state index contributed by atoms with van der Waals surface area (Å²) in [4.78, 5) is 2.63. The van der Waals surface area contributed by atoms with Crippen molar-refractivity contribution in [3.8, 4) is 0 Å². The van der Waals surface area contributed by atoms with Crippen molar-refractivity contribution in [3.63, 3.8) is 0 Å². The lowest BCUT2D eigenvalue weighted by atomic mass is 9.82. The second-order valence-corrected chi connectivity index (χ2v) is 6.34. The van der Waals surface area contributed by atoms with E-state index in [-0.39, 0.29) is 0 Å². The van der Waals surface area contributed by atoms with Crippen LogP contribution in [0.3, 0.4) is 0 Å². The van der Waals surface area contributed by atoms with Crippen LogP contribution in [-0.2, 0) is 13.0 Å². The molecule has 0 unspecified atom stereocenters. The third-order valence-electron chi connectivity index (χ3n) is 5.11. The van der Waals surface area contributed by atoms with Crippen molar-refractivity contribution in [2.24, 2.45) is 5.41 Å². The van der Waals surface area contributed by atoms with E-state index in [0.29, 0.717) is 5.41 Å². The molecule has 20 heavy (non-hydrogen) atoms. The van der Waals surface area contributed by atoms with Crippen LogP contribution in [0.5, 0.6) is 0 Å². The minimum absolute atomic E-state index is 0.590. The van der Waals surface area contributed by atoms with Crippen LogP contribution in [0, 0.1) is 5.41 Å². The Hall–Kier alpha value is -0.860. The number of hydrogen-bond donors (Lipinski definition) is 1. The molecule has 0 radical (unpaired) electrons.